The molecule has 1 heterocycles. The number of thiazole rings is 1. The number of ether oxygens (including phenoxy) is 1. The van der Waals surface area contributed by atoms with Gasteiger partial charge in [-0.3, -0.25) is 0 Å². The molecule has 112 valence electrons. The van der Waals surface area contributed by atoms with E-state index in [1.54, 1.807) is 18.4 Å². The number of aryl methyl sites for hydroxylation is 1. The van der Waals surface area contributed by atoms with Gasteiger partial charge in [0.25, 0.3) is 0 Å². The van der Waals surface area contributed by atoms with E-state index >= 15 is 0 Å². The Kier molecular flexibility index (Phi) is 4.26. The average Bonchev–Trinajstić information content (AvgIpc) is 2.96. The topological polar surface area (TPSA) is 45.9 Å². The first-order chi connectivity index (χ1) is 10.7. The molecule has 1 atom stereocenters. The summed E-state index contributed by atoms with van der Waals surface area (Å²) in [5, 5.41) is 10.3. The fraction of sp³-hybridized carbons (Fsp3) is 0.333. The minimum atomic E-state index is 0.636. The van der Waals surface area contributed by atoms with Gasteiger partial charge in [0.2, 0.25) is 0 Å². The Hall–Kier alpha value is -2.12. The number of hydrogen-bond donors (Lipinski definition) is 0. The summed E-state index contributed by atoms with van der Waals surface area (Å²) in [6.45, 7) is 2.28. The number of fused-ring (bicyclic) bond motifs is 1. The minimum Gasteiger partial charge on any atom is -0.497 e. The molecular formula is C18H18N2OS. The Morgan fingerprint density at radius 3 is 2.86 bits per heavy atom. The lowest BCUT2D eigenvalue weighted by atomic mass is 9.93. The van der Waals surface area contributed by atoms with Crippen LogP contribution in [0.15, 0.2) is 24.3 Å². The molecule has 3 rings (SSSR count). The van der Waals surface area contributed by atoms with Crippen LogP contribution >= 0.6 is 11.3 Å². The zero-order valence-corrected chi connectivity index (χ0v) is 13.6. The Balaban J connectivity index is 1.90. The molecule has 1 aromatic carbocycles. The summed E-state index contributed by atoms with van der Waals surface area (Å²) < 4.78 is 5.15. The van der Waals surface area contributed by atoms with Crippen molar-refractivity contribution in [2.45, 2.75) is 26.2 Å². The van der Waals surface area contributed by atoms with E-state index in [1.165, 1.54) is 17.0 Å². The van der Waals surface area contributed by atoms with Crippen molar-refractivity contribution in [2.24, 2.45) is 5.92 Å². The molecule has 2 aromatic rings. The normalized spacial score (nSPS) is 17.7. The number of methoxy groups -OCH3 is 1. The Labute approximate surface area is 134 Å². The lowest BCUT2D eigenvalue weighted by Crippen LogP contribution is -2.09. The Bertz CT molecular complexity index is 737. The van der Waals surface area contributed by atoms with Gasteiger partial charge in [-0.15, -0.1) is 11.3 Å². The summed E-state index contributed by atoms with van der Waals surface area (Å²) >= 11 is 1.67. The highest BCUT2D eigenvalue weighted by molar-refractivity contribution is 7.13. The van der Waals surface area contributed by atoms with Crippen LogP contribution in [0, 0.1) is 17.2 Å². The molecule has 0 aliphatic heterocycles. The van der Waals surface area contributed by atoms with Gasteiger partial charge in [0.1, 0.15) is 16.8 Å². The maximum atomic E-state index is 9.48. The summed E-state index contributed by atoms with van der Waals surface area (Å²) in [6, 6.07) is 9.99. The SMILES string of the molecule is COc1ccc(/C=C(/C#N)c2nc3c(s2)C[C@H](C)CC3)cc1. The molecule has 0 amide bonds. The maximum Gasteiger partial charge on any atom is 0.134 e. The van der Waals surface area contributed by atoms with Gasteiger partial charge in [-0.25, -0.2) is 4.98 Å². The quantitative estimate of drug-likeness (QED) is 0.792. The predicted molar refractivity (Wildman–Crippen MR) is 89.8 cm³/mol. The molecule has 0 radical (unpaired) electrons. The maximum absolute atomic E-state index is 9.48. The number of rotatable bonds is 3. The Morgan fingerprint density at radius 1 is 1.41 bits per heavy atom. The van der Waals surface area contributed by atoms with Crippen molar-refractivity contribution in [1.29, 1.82) is 5.26 Å². The van der Waals surface area contributed by atoms with E-state index in [4.69, 9.17) is 4.74 Å². The lowest BCUT2D eigenvalue weighted by molar-refractivity contribution is 0.415. The standard InChI is InChI=1S/C18H18N2OS/c1-12-3-8-16-17(9-12)22-18(20-16)14(11-19)10-13-4-6-15(21-2)7-5-13/h4-7,10,12H,3,8-9H2,1-2H3/b14-10-/t12-/m1/s1. The van der Waals surface area contributed by atoms with Gasteiger partial charge in [-0.05, 0) is 49.0 Å². The molecule has 1 aliphatic rings. The number of nitriles is 1. The molecule has 0 fully saturated rings. The van der Waals surface area contributed by atoms with Gasteiger partial charge in [0.05, 0.1) is 18.4 Å². The van der Waals surface area contributed by atoms with Crippen LogP contribution in [0.3, 0.4) is 0 Å². The monoisotopic (exact) mass is 310 g/mol. The summed E-state index contributed by atoms with van der Waals surface area (Å²) in [4.78, 5) is 6.04. The highest BCUT2D eigenvalue weighted by atomic mass is 32.1. The van der Waals surface area contributed by atoms with Crippen molar-refractivity contribution in [1.82, 2.24) is 4.98 Å². The molecular weight excluding hydrogens is 292 g/mol. The van der Waals surface area contributed by atoms with Crippen molar-refractivity contribution in [2.75, 3.05) is 7.11 Å². The van der Waals surface area contributed by atoms with E-state index in [2.05, 4.69) is 18.0 Å². The van der Waals surface area contributed by atoms with Crippen molar-refractivity contribution < 1.29 is 4.74 Å². The molecule has 22 heavy (non-hydrogen) atoms. The third-order valence-electron chi connectivity index (χ3n) is 3.96. The first kappa shape index (κ1) is 14.8. The summed E-state index contributed by atoms with van der Waals surface area (Å²) in [5.74, 6) is 1.53. The van der Waals surface area contributed by atoms with Crippen LogP contribution < -0.4 is 4.74 Å². The minimum absolute atomic E-state index is 0.636. The highest BCUT2D eigenvalue weighted by Gasteiger charge is 2.20. The first-order valence-corrected chi connectivity index (χ1v) is 8.26. The predicted octanol–water partition coefficient (Wildman–Crippen LogP) is 4.34. The molecule has 1 aromatic heterocycles. The van der Waals surface area contributed by atoms with Crippen molar-refractivity contribution >= 4 is 23.0 Å². The fourth-order valence-electron chi connectivity index (χ4n) is 2.66. The second-order valence-electron chi connectivity index (χ2n) is 5.68. The van der Waals surface area contributed by atoms with E-state index in [0.29, 0.717) is 5.57 Å². The molecule has 3 nitrogen and oxygen atoms in total. The summed E-state index contributed by atoms with van der Waals surface area (Å²) in [7, 11) is 1.65. The van der Waals surface area contributed by atoms with Crippen LogP contribution in [0.5, 0.6) is 5.75 Å². The number of benzene rings is 1. The Morgan fingerprint density at radius 2 is 2.18 bits per heavy atom. The first-order valence-electron chi connectivity index (χ1n) is 7.44. The third kappa shape index (κ3) is 3.05. The van der Waals surface area contributed by atoms with Gasteiger partial charge >= 0.3 is 0 Å². The molecule has 4 heteroatoms. The van der Waals surface area contributed by atoms with E-state index in [9.17, 15) is 5.26 Å². The zero-order chi connectivity index (χ0) is 15.5. The molecule has 0 saturated heterocycles. The van der Waals surface area contributed by atoms with E-state index in [1.807, 2.05) is 30.3 Å². The second kappa shape index (κ2) is 6.33. The van der Waals surface area contributed by atoms with Crippen LogP contribution in [0.4, 0.5) is 0 Å². The molecule has 0 unspecified atom stereocenters. The van der Waals surface area contributed by atoms with Crippen LogP contribution in [0.1, 0.15) is 34.5 Å². The number of aromatic nitrogens is 1. The van der Waals surface area contributed by atoms with Gasteiger partial charge < -0.3 is 4.74 Å². The van der Waals surface area contributed by atoms with Crippen molar-refractivity contribution in [3.8, 4) is 11.8 Å². The van der Waals surface area contributed by atoms with E-state index in [-0.39, 0.29) is 0 Å². The van der Waals surface area contributed by atoms with E-state index in [0.717, 1.165) is 35.1 Å². The third-order valence-corrected chi connectivity index (χ3v) is 5.12. The number of allylic oxidation sites excluding steroid dienone is 1. The molecule has 0 bridgehead atoms. The van der Waals surface area contributed by atoms with Crippen molar-refractivity contribution in [3.05, 3.63) is 45.4 Å². The van der Waals surface area contributed by atoms with Crippen LogP contribution in [-0.4, -0.2) is 12.1 Å². The zero-order valence-electron chi connectivity index (χ0n) is 12.8. The summed E-state index contributed by atoms with van der Waals surface area (Å²) in [6.07, 6.45) is 5.22. The van der Waals surface area contributed by atoms with Crippen molar-refractivity contribution in [3.63, 3.8) is 0 Å². The lowest BCUT2D eigenvalue weighted by Gasteiger charge is -2.15. The van der Waals surface area contributed by atoms with Gasteiger partial charge in [0.15, 0.2) is 0 Å². The summed E-state index contributed by atoms with van der Waals surface area (Å²) in [5.41, 5.74) is 2.81. The molecule has 0 saturated carbocycles. The van der Waals surface area contributed by atoms with Crippen LogP contribution in [-0.2, 0) is 12.8 Å². The average molecular weight is 310 g/mol. The largest absolute Gasteiger partial charge is 0.497 e. The molecule has 0 spiro atoms. The van der Waals surface area contributed by atoms with Gasteiger partial charge in [-0.2, -0.15) is 5.26 Å². The van der Waals surface area contributed by atoms with E-state index < -0.39 is 0 Å². The fourth-order valence-corrected chi connectivity index (χ4v) is 3.90. The van der Waals surface area contributed by atoms with Crippen LogP contribution in [0.2, 0.25) is 0 Å². The molecule has 0 N–H and O–H groups in total. The molecule has 1 aliphatic carbocycles. The van der Waals surface area contributed by atoms with Gasteiger partial charge in [0, 0.05) is 4.88 Å². The smallest absolute Gasteiger partial charge is 0.134 e. The second-order valence-corrected chi connectivity index (χ2v) is 6.76. The highest BCUT2D eigenvalue weighted by Crippen LogP contribution is 2.33. The number of hydrogen-bond acceptors (Lipinski definition) is 4. The van der Waals surface area contributed by atoms with Crippen LogP contribution in [0.25, 0.3) is 11.6 Å². The van der Waals surface area contributed by atoms with Gasteiger partial charge in [-0.1, -0.05) is 19.1 Å². The number of nitrogens with zero attached hydrogens (tertiary/aromatic N) is 2.